The van der Waals surface area contributed by atoms with E-state index in [0.29, 0.717) is 0 Å². The third-order valence-corrected chi connectivity index (χ3v) is 0.921. The highest BCUT2D eigenvalue weighted by atomic mass is 19.1. The quantitative estimate of drug-likeness (QED) is 0.572. The number of pyridine rings is 1. The second-order valence-electron chi connectivity index (χ2n) is 1.65. The van der Waals surface area contributed by atoms with Gasteiger partial charge in [-0.25, -0.2) is 4.39 Å². The van der Waals surface area contributed by atoms with Crippen molar-refractivity contribution in [1.82, 2.24) is 4.98 Å². The Balaban J connectivity index is 2.96. The Morgan fingerprint density at radius 3 is 2.50 bits per heavy atom. The summed E-state index contributed by atoms with van der Waals surface area (Å²) in [4.78, 5) is 3.37. The molecular formula is C5H5FN2O2. The van der Waals surface area contributed by atoms with Crippen LogP contribution in [0.1, 0.15) is 0 Å². The van der Waals surface area contributed by atoms with Gasteiger partial charge in [-0.3, -0.25) is 15.4 Å². The number of hydrogen-bond acceptors (Lipinski definition) is 4. The lowest BCUT2D eigenvalue weighted by Gasteiger charge is -2.05. The van der Waals surface area contributed by atoms with E-state index >= 15 is 0 Å². The Morgan fingerprint density at radius 2 is 2.10 bits per heavy atom. The summed E-state index contributed by atoms with van der Waals surface area (Å²) in [5.74, 6) is -0.620. The van der Waals surface area contributed by atoms with Crippen LogP contribution < -0.4 is 5.23 Å². The number of anilines is 1. The van der Waals surface area contributed by atoms with Gasteiger partial charge >= 0.3 is 0 Å². The first-order valence-electron chi connectivity index (χ1n) is 2.48. The van der Waals surface area contributed by atoms with Crippen LogP contribution in [0.4, 0.5) is 10.1 Å². The summed E-state index contributed by atoms with van der Waals surface area (Å²) in [7, 11) is 0. The van der Waals surface area contributed by atoms with Crippen LogP contribution in [-0.2, 0) is 0 Å². The predicted molar refractivity (Wildman–Crippen MR) is 30.2 cm³/mol. The van der Waals surface area contributed by atoms with E-state index in [1.54, 1.807) is 0 Å². The maximum atomic E-state index is 12.2. The average molecular weight is 144 g/mol. The molecule has 0 radical (unpaired) electrons. The van der Waals surface area contributed by atoms with Gasteiger partial charge in [-0.15, -0.1) is 5.23 Å². The largest absolute Gasteiger partial charge is 0.264 e. The normalized spacial score (nSPS) is 9.50. The molecule has 0 spiro atoms. The van der Waals surface area contributed by atoms with Gasteiger partial charge in [0, 0.05) is 6.07 Å². The minimum Gasteiger partial charge on any atom is -0.264 e. The summed E-state index contributed by atoms with van der Waals surface area (Å²) in [5, 5.41) is 16.5. The first-order valence-corrected chi connectivity index (χ1v) is 2.48. The Kier molecular flexibility index (Phi) is 1.79. The third-order valence-electron chi connectivity index (χ3n) is 0.921. The average Bonchev–Trinajstić information content (AvgIpc) is 1.88. The number of rotatable bonds is 1. The summed E-state index contributed by atoms with van der Waals surface area (Å²) in [6, 6.07) is 0.938. The van der Waals surface area contributed by atoms with Crippen molar-refractivity contribution in [2.24, 2.45) is 0 Å². The molecule has 0 aliphatic rings. The standard InChI is InChI=1S/C5H5FN2O2/c6-4-1-5(8(9)10)3-7-2-4/h1-3,9-10H. The van der Waals surface area contributed by atoms with E-state index in [1.165, 1.54) is 0 Å². The highest BCUT2D eigenvalue weighted by molar-refractivity contribution is 5.37. The molecule has 0 aromatic carbocycles. The van der Waals surface area contributed by atoms with E-state index in [2.05, 4.69) is 4.98 Å². The van der Waals surface area contributed by atoms with E-state index in [0.717, 1.165) is 18.5 Å². The first kappa shape index (κ1) is 6.91. The van der Waals surface area contributed by atoms with Crippen LogP contribution >= 0.6 is 0 Å². The van der Waals surface area contributed by atoms with Gasteiger partial charge in [-0.2, -0.15) is 0 Å². The molecule has 10 heavy (non-hydrogen) atoms. The predicted octanol–water partition coefficient (Wildman–Crippen LogP) is 0.806. The van der Waals surface area contributed by atoms with Crippen molar-refractivity contribution in [3.05, 3.63) is 24.3 Å². The maximum Gasteiger partial charge on any atom is 0.143 e. The van der Waals surface area contributed by atoms with Crippen LogP contribution in [-0.4, -0.2) is 15.4 Å². The Bertz CT molecular complexity index is 229. The molecular weight excluding hydrogens is 139 g/mol. The fourth-order valence-electron chi connectivity index (χ4n) is 0.510. The fraction of sp³-hybridized carbons (Fsp3) is 0. The van der Waals surface area contributed by atoms with Crippen LogP contribution in [0.5, 0.6) is 0 Å². The number of halogens is 1. The van der Waals surface area contributed by atoms with E-state index < -0.39 is 5.82 Å². The van der Waals surface area contributed by atoms with Gasteiger partial charge in [0.2, 0.25) is 0 Å². The minimum absolute atomic E-state index is 0.111. The van der Waals surface area contributed by atoms with E-state index in [1.807, 2.05) is 0 Å². The van der Waals surface area contributed by atoms with Crippen molar-refractivity contribution in [1.29, 1.82) is 0 Å². The van der Waals surface area contributed by atoms with Crippen LogP contribution in [0.3, 0.4) is 0 Å². The van der Waals surface area contributed by atoms with Gasteiger partial charge in [0.1, 0.15) is 11.5 Å². The van der Waals surface area contributed by atoms with Gasteiger partial charge in [-0.1, -0.05) is 0 Å². The molecule has 0 unspecified atom stereocenters. The second kappa shape index (κ2) is 2.59. The summed E-state index contributed by atoms with van der Waals surface area (Å²) in [6.07, 6.45) is 2.08. The second-order valence-corrected chi connectivity index (χ2v) is 1.65. The molecule has 0 atom stereocenters. The van der Waals surface area contributed by atoms with Gasteiger partial charge in [-0.05, 0) is 0 Å². The van der Waals surface area contributed by atoms with Gasteiger partial charge < -0.3 is 0 Å². The zero-order valence-corrected chi connectivity index (χ0v) is 4.90. The van der Waals surface area contributed by atoms with Crippen molar-refractivity contribution >= 4 is 5.69 Å². The Morgan fingerprint density at radius 1 is 1.40 bits per heavy atom. The van der Waals surface area contributed by atoms with Crippen molar-refractivity contribution in [3.63, 3.8) is 0 Å². The van der Waals surface area contributed by atoms with Gasteiger partial charge in [0.25, 0.3) is 0 Å². The summed E-state index contributed by atoms with van der Waals surface area (Å²) in [6.45, 7) is 0. The van der Waals surface area contributed by atoms with Crippen molar-refractivity contribution in [2.75, 3.05) is 5.23 Å². The molecule has 4 nitrogen and oxygen atoms in total. The summed E-state index contributed by atoms with van der Waals surface area (Å²) in [5.41, 5.74) is -0.111. The van der Waals surface area contributed by atoms with Gasteiger partial charge in [0.15, 0.2) is 0 Å². The van der Waals surface area contributed by atoms with Crippen molar-refractivity contribution < 1.29 is 14.8 Å². The molecule has 1 aromatic heterocycles. The maximum absolute atomic E-state index is 12.2. The molecule has 2 N–H and O–H groups in total. The number of hydrogen-bond donors (Lipinski definition) is 2. The lowest BCUT2D eigenvalue weighted by Crippen LogP contribution is -2.11. The molecule has 0 amide bonds. The Labute approximate surface area is 56.1 Å². The van der Waals surface area contributed by atoms with Crippen LogP contribution in [0, 0.1) is 5.82 Å². The molecule has 0 saturated carbocycles. The monoisotopic (exact) mass is 144 g/mol. The lowest BCUT2D eigenvalue weighted by molar-refractivity contribution is 0.0288. The minimum atomic E-state index is -0.620. The molecule has 1 aromatic rings. The smallest absolute Gasteiger partial charge is 0.143 e. The van der Waals surface area contributed by atoms with Crippen LogP contribution in [0.15, 0.2) is 18.5 Å². The van der Waals surface area contributed by atoms with Crippen LogP contribution in [0.2, 0.25) is 0 Å². The Hall–Kier alpha value is -1.20. The highest BCUT2D eigenvalue weighted by Gasteiger charge is 1.99. The molecule has 1 heterocycles. The molecule has 0 saturated heterocycles. The SMILES string of the molecule is ON(O)c1cncc(F)c1. The van der Waals surface area contributed by atoms with Crippen molar-refractivity contribution in [3.8, 4) is 0 Å². The molecule has 0 fully saturated rings. The van der Waals surface area contributed by atoms with Gasteiger partial charge in [0.05, 0.1) is 12.4 Å². The molecule has 0 bridgehead atoms. The topological polar surface area (TPSA) is 56.6 Å². The summed E-state index contributed by atoms with van der Waals surface area (Å²) < 4.78 is 12.2. The first-order chi connectivity index (χ1) is 4.70. The zero-order chi connectivity index (χ0) is 7.56. The molecule has 5 heteroatoms. The fourth-order valence-corrected chi connectivity index (χ4v) is 0.510. The molecule has 0 aliphatic carbocycles. The third kappa shape index (κ3) is 1.40. The summed E-state index contributed by atoms with van der Waals surface area (Å²) >= 11 is 0. The molecule has 1 rings (SSSR count). The number of nitrogens with zero attached hydrogens (tertiary/aromatic N) is 2. The van der Waals surface area contributed by atoms with E-state index in [9.17, 15) is 4.39 Å². The van der Waals surface area contributed by atoms with Crippen LogP contribution in [0.25, 0.3) is 0 Å². The number of aromatic nitrogens is 1. The zero-order valence-electron chi connectivity index (χ0n) is 4.90. The van der Waals surface area contributed by atoms with E-state index in [-0.39, 0.29) is 10.9 Å². The van der Waals surface area contributed by atoms with E-state index in [4.69, 9.17) is 10.4 Å². The lowest BCUT2D eigenvalue weighted by atomic mass is 10.4. The highest BCUT2D eigenvalue weighted by Crippen LogP contribution is 2.08. The molecule has 0 aliphatic heterocycles. The van der Waals surface area contributed by atoms with Crippen molar-refractivity contribution in [2.45, 2.75) is 0 Å². The molecule has 54 valence electrons.